The molecule has 14 heavy (non-hydrogen) atoms. The maximum atomic E-state index is 5.68. The van der Waals surface area contributed by atoms with E-state index in [0.29, 0.717) is 0 Å². The van der Waals surface area contributed by atoms with E-state index in [9.17, 15) is 0 Å². The van der Waals surface area contributed by atoms with Crippen LogP contribution in [0.5, 0.6) is 0 Å². The van der Waals surface area contributed by atoms with Crippen molar-refractivity contribution < 1.29 is 28.5 Å². The highest BCUT2D eigenvalue weighted by Crippen LogP contribution is 2.06. The van der Waals surface area contributed by atoms with Gasteiger partial charge in [0.25, 0.3) is 0 Å². The van der Waals surface area contributed by atoms with Gasteiger partial charge in [0.1, 0.15) is 0 Å². The summed E-state index contributed by atoms with van der Waals surface area (Å²) < 4.78 is 1.14. The molecule has 0 heterocycles. The Balaban J connectivity index is 0. The van der Waals surface area contributed by atoms with E-state index >= 15 is 0 Å². The van der Waals surface area contributed by atoms with Gasteiger partial charge in [0.2, 0.25) is 0 Å². The standard InChI is InChI=1S/C11H25ClN.HI/c1-4-5-6-7-10-13(2,3)11-8-9-12;/h4-11H2,1-3H3;1H/q+1;/p-1. The molecule has 0 aliphatic rings. The van der Waals surface area contributed by atoms with E-state index in [0.717, 1.165) is 16.8 Å². The highest BCUT2D eigenvalue weighted by molar-refractivity contribution is 6.17. The number of quaternary nitrogens is 1. The first kappa shape index (κ1) is 17.4. The molecule has 1 nitrogen and oxygen atoms in total. The van der Waals surface area contributed by atoms with Crippen LogP contribution < -0.4 is 24.0 Å². The molecule has 0 fully saturated rings. The lowest BCUT2D eigenvalue weighted by Crippen LogP contribution is -3.00. The van der Waals surface area contributed by atoms with Crippen molar-refractivity contribution in [1.82, 2.24) is 0 Å². The molecule has 0 unspecified atom stereocenters. The van der Waals surface area contributed by atoms with E-state index in [2.05, 4.69) is 21.0 Å². The Labute approximate surface area is 112 Å². The molecular formula is C11H25ClIN. The summed E-state index contributed by atoms with van der Waals surface area (Å²) in [6.45, 7) is 4.78. The number of hydrogen-bond acceptors (Lipinski definition) is 0. The molecule has 0 aliphatic carbocycles. The Kier molecular flexibility index (Phi) is 13.0. The Morgan fingerprint density at radius 1 is 0.929 bits per heavy atom. The fourth-order valence-corrected chi connectivity index (χ4v) is 1.69. The molecule has 0 aromatic heterocycles. The molecule has 0 aromatic carbocycles. The molecule has 0 atom stereocenters. The third-order valence-electron chi connectivity index (χ3n) is 2.51. The Hall–Kier alpha value is 0.980. The Morgan fingerprint density at radius 2 is 1.50 bits per heavy atom. The number of halogens is 2. The summed E-state index contributed by atoms with van der Waals surface area (Å²) in [6.07, 6.45) is 6.61. The molecule has 0 spiro atoms. The zero-order valence-corrected chi connectivity index (χ0v) is 12.8. The van der Waals surface area contributed by atoms with Crippen LogP contribution >= 0.6 is 11.6 Å². The minimum Gasteiger partial charge on any atom is -1.00 e. The Morgan fingerprint density at radius 3 is 2.00 bits per heavy atom. The van der Waals surface area contributed by atoms with Gasteiger partial charge in [-0.15, -0.1) is 11.6 Å². The highest BCUT2D eigenvalue weighted by Gasteiger charge is 2.12. The van der Waals surface area contributed by atoms with Gasteiger partial charge in [0.15, 0.2) is 0 Å². The van der Waals surface area contributed by atoms with Crippen molar-refractivity contribution >= 4 is 11.6 Å². The van der Waals surface area contributed by atoms with Crippen LogP contribution in [0.3, 0.4) is 0 Å². The van der Waals surface area contributed by atoms with Gasteiger partial charge >= 0.3 is 0 Å². The highest BCUT2D eigenvalue weighted by atomic mass is 127. The normalized spacial score (nSPS) is 11.1. The number of unbranched alkanes of at least 4 members (excludes halogenated alkanes) is 3. The van der Waals surface area contributed by atoms with Crippen LogP contribution in [0.4, 0.5) is 0 Å². The van der Waals surface area contributed by atoms with Crippen molar-refractivity contribution in [2.75, 3.05) is 33.1 Å². The first-order valence-electron chi connectivity index (χ1n) is 5.50. The third-order valence-corrected chi connectivity index (χ3v) is 2.78. The number of nitrogens with zero attached hydrogens (tertiary/aromatic N) is 1. The molecule has 0 saturated heterocycles. The molecule has 0 radical (unpaired) electrons. The van der Waals surface area contributed by atoms with Gasteiger partial charge in [-0.05, 0) is 12.8 Å². The van der Waals surface area contributed by atoms with Gasteiger partial charge in [0.05, 0.1) is 27.2 Å². The van der Waals surface area contributed by atoms with E-state index < -0.39 is 0 Å². The topological polar surface area (TPSA) is 0 Å². The average molecular weight is 334 g/mol. The van der Waals surface area contributed by atoms with Crippen LogP contribution in [0, 0.1) is 0 Å². The summed E-state index contributed by atoms with van der Waals surface area (Å²) in [7, 11) is 4.61. The summed E-state index contributed by atoms with van der Waals surface area (Å²) in [5, 5.41) is 0. The van der Waals surface area contributed by atoms with Crippen LogP contribution in [0.15, 0.2) is 0 Å². The first-order valence-corrected chi connectivity index (χ1v) is 6.04. The van der Waals surface area contributed by atoms with Crippen molar-refractivity contribution in [1.29, 1.82) is 0 Å². The lowest BCUT2D eigenvalue weighted by atomic mass is 10.2. The van der Waals surface area contributed by atoms with Crippen LogP contribution in [0.2, 0.25) is 0 Å². The van der Waals surface area contributed by atoms with E-state index in [1.54, 1.807) is 0 Å². The second-order valence-corrected chi connectivity index (χ2v) is 4.86. The zero-order chi connectivity index (χ0) is 10.2. The summed E-state index contributed by atoms with van der Waals surface area (Å²) in [5.41, 5.74) is 0. The predicted molar refractivity (Wildman–Crippen MR) is 61.3 cm³/mol. The van der Waals surface area contributed by atoms with Gasteiger partial charge in [0, 0.05) is 12.3 Å². The van der Waals surface area contributed by atoms with Crippen LogP contribution in [0.25, 0.3) is 0 Å². The number of hydrogen-bond donors (Lipinski definition) is 0. The SMILES string of the molecule is CCCCCC[N+](C)(C)CCCCl.[I-]. The molecule has 0 aliphatic heterocycles. The van der Waals surface area contributed by atoms with Crippen molar-refractivity contribution in [3.05, 3.63) is 0 Å². The summed E-state index contributed by atoms with van der Waals surface area (Å²) in [4.78, 5) is 0. The monoisotopic (exact) mass is 333 g/mol. The lowest BCUT2D eigenvalue weighted by Gasteiger charge is -2.29. The molecule has 3 heteroatoms. The molecular weight excluding hydrogens is 308 g/mol. The fraction of sp³-hybridized carbons (Fsp3) is 1.00. The summed E-state index contributed by atoms with van der Waals surface area (Å²) in [5.74, 6) is 0.802. The maximum absolute atomic E-state index is 5.68. The molecule has 0 rings (SSSR count). The van der Waals surface area contributed by atoms with Crippen molar-refractivity contribution in [3.8, 4) is 0 Å². The zero-order valence-electron chi connectivity index (χ0n) is 9.86. The van der Waals surface area contributed by atoms with Crippen LogP contribution in [-0.4, -0.2) is 37.5 Å². The second kappa shape index (κ2) is 10.5. The molecule has 0 amide bonds. The Bertz CT molecular complexity index is 118. The molecule has 88 valence electrons. The lowest BCUT2D eigenvalue weighted by molar-refractivity contribution is -0.890. The molecule has 0 bridgehead atoms. The van der Waals surface area contributed by atoms with Gasteiger partial charge in [-0.1, -0.05) is 19.8 Å². The predicted octanol–water partition coefficient (Wildman–Crippen LogP) is 0.276. The second-order valence-electron chi connectivity index (χ2n) is 4.49. The van der Waals surface area contributed by atoms with Crippen molar-refractivity contribution in [2.24, 2.45) is 0 Å². The van der Waals surface area contributed by atoms with Crippen LogP contribution in [-0.2, 0) is 0 Å². The first-order chi connectivity index (χ1) is 6.12. The number of alkyl halides is 1. The molecule has 0 N–H and O–H groups in total. The van der Waals surface area contributed by atoms with Gasteiger partial charge < -0.3 is 28.5 Å². The smallest absolute Gasteiger partial charge is 0.0794 e. The summed E-state index contributed by atoms with van der Waals surface area (Å²) in [6, 6.07) is 0. The van der Waals surface area contributed by atoms with E-state index in [1.807, 2.05) is 0 Å². The minimum absolute atomic E-state index is 0. The minimum atomic E-state index is 0. The average Bonchev–Trinajstić information content (AvgIpc) is 2.09. The van der Waals surface area contributed by atoms with E-state index in [-0.39, 0.29) is 24.0 Å². The van der Waals surface area contributed by atoms with Gasteiger partial charge in [-0.25, -0.2) is 0 Å². The van der Waals surface area contributed by atoms with Crippen LogP contribution in [0.1, 0.15) is 39.0 Å². The number of rotatable bonds is 8. The van der Waals surface area contributed by atoms with E-state index in [1.165, 1.54) is 38.8 Å². The fourth-order valence-electron chi connectivity index (χ4n) is 1.57. The largest absolute Gasteiger partial charge is 1.00 e. The van der Waals surface area contributed by atoms with Gasteiger partial charge in [-0.2, -0.15) is 0 Å². The summed E-state index contributed by atoms with van der Waals surface area (Å²) >= 11 is 5.68. The van der Waals surface area contributed by atoms with Crippen molar-refractivity contribution in [2.45, 2.75) is 39.0 Å². The van der Waals surface area contributed by atoms with Crippen molar-refractivity contribution in [3.63, 3.8) is 0 Å². The molecule has 0 aromatic rings. The maximum Gasteiger partial charge on any atom is 0.0794 e. The van der Waals surface area contributed by atoms with E-state index in [4.69, 9.17) is 11.6 Å². The quantitative estimate of drug-likeness (QED) is 0.259. The van der Waals surface area contributed by atoms with Gasteiger partial charge in [-0.3, -0.25) is 0 Å². The molecule has 0 saturated carbocycles. The third kappa shape index (κ3) is 11.1.